The monoisotopic (exact) mass is 261 g/mol. The van der Waals surface area contributed by atoms with Gasteiger partial charge in [-0.1, -0.05) is 0 Å². The van der Waals surface area contributed by atoms with Gasteiger partial charge in [0.05, 0.1) is 0 Å². The second-order valence-electron chi connectivity index (χ2n) is 5.01. The van der Waals surface area contributed by atoms with Crippen LogP contribution in [0.3, 0.4) is 0 Å². The third kappa shape index (κ3) is 4.12. The van der Waals surface area contributed by atoms with Crippen LogP contribution in [0, 0.1) is 5.92 Å². The van der Waals surface area contributed by atoms with E-state index in [2.05, 4.69) is 22.2 Å². The lowest BCUT2D eigenvalue weighted by Crippen LogP contribution is -2.42. The number of hydrogen-bond acceptors (Lipinski definition) is 3. The van der Waals surface area contributed by atoms with E-state index >= 15 is 0 Å². The maximum Gasteiger partial charge on any atom is 0.225 e. The van der Waals surface area contributed by atoms with Crippen molar-refractivity contribution >= 4 is 18.3 Å². The SMILES string of the molecule is CN1CCCN(C(=O)C2CCNCC2)CC1.Cl. The van der Waals surface area contributed by atoms with Gasteiger partial charge in [-0.3, -0.25) is 4.79 Å². The Hall–Kier alpha value is -0.320. The summed E-state index contributed by atoms with van der Waals surface area (Å²) in [6.45, 7) is 6.02. The minimum absolute atomic E-state index is 0. The van der Waals surface area contributed by atoms with E-state index in [1.807, 2.05) is 0 Å². The summed E-state index contributed by atoms with van der Waals surface area (Å²) in [6, 6.07) is 0. The molecule has 0 atom stereocenters. The van der Waals surface area contributed by atoms with Gasteiger partial charge in [0.1, 0.15) is 0 Å². The van der Waals surface area contributed by atoms with Gasteiger partial charge in [0, 0.05) is 25.6 Å². The quantitative estimate of drug-likeness (QED) is 0.750. The number of halogens is 1. The summed E-state index contributed by atoms with van der Waals surface area (Å²) >= 11 is 0. The summed E-state index contributed by atoms with van der Waals surface area (Å²) in [7, 11) is 2.14. The molecule has 1 N–H and O–H groups in total. The standard InChI is InChI=1S/C12H23N3O.ClH/c1-14-7-2-8-15(10-9-14)12(16)11-3-5-13-6-4-11;/h11,13H,2-10H2,1H3;1H. The fourth-order valence-corrected chi connectivity index (χ4v) is 2.59. The predicted molar refractivity (Wildman–Crippen MR) is 71.5 cm³/mol. The molecule has 4 nitrogen and oxygen atoms in total. The van der Waals surface area contributed by atoms with Crippen LogP contribution in [0.5, 0.6) is 0 Å². The molecular weight excluding hydrogens is 238 g/mol. The number of carbonyl (C=O) groups excluding carboxylic acids is 1. The molecule has 2 heterocycles. The van der Waals surface area contributed by atoms with Crippen LogP contribution in [-0.2, 0) is 4.79 Å². The molecule has 100 valence electrons. The predicted octanol–water partition coefficient (Wildman–Crippen LogP) is 0.572. The Balaban J connectivity index is 0.00000144. The van der Waals surface area contributed by atoms with Gasteiger partial charge >= 0.3 is 0 Å². The Kier molecular flexibility index (Phi) is 6.23. The van der Waals surface area contributed by atoms with E-state index in [1.54, 1.807) is 0 Å². The highest BCUT2D eigenvalue weighted by Crippen LogP contribution is 2.16. The molecule has 0 bridgehead atoms. The van der Waals surface area contributed by atoms with E-state index in [0.717, 1.165) is 58.5 Å². The largest absolute Gasteiger partial charge is 0.341 e. The van der Waals surface area contributed by atoms with E-state index < -0.39 is 0 Å². The van der Waals surface area contributed by atoms with Crippen molar-refractivity contribution in [2.75, 3.05) is 46.3 Å². The first kappa shape index (κ1) is 14.7. The molecule has 2 fully saturated rings. The van der Waals surface area contributed by atoms with E-state index in [-0.39, 0.29) is 18.3 Å². The average molecular weight is 262 g/mol. The molecule has 0 saturated carbocycles. The first-order valence-corrected chi connectivity index (χ1v) is 6.45. The lowest BCUT2D eigenvalue weighted by Gasteiger charge is -2.28. The summed E-state index contributed by atoms with van der Waals surface area (Å²) in [5.74, 6) is 0.682. The number of carbonyl (C=O) groups is 1. The zero-order valence-corrected chi connectivity index (χ0v) is 11.5. The van der Waals surface area contributed by atoms with Crippen LogP contribution < -0.4 is 5.32 Å². The molecule has 17 heavy (non-hydrogen) atoms. The molecule has 0 spiro atoms. The molecular formula is C12H24ClN3O. The smallest absolute Gasteiger partial charge is 0.225 e. The molecule has 2 saturated heterocycles. The first-order chi connectivity index (χ1) is 7.77. The van der Waals surface area contributed by atoms with Crippen LogP contribution in [0.4, 0.5) is 0 Å². The van der Waals surface area contributed by atoms with Crippen molar-refractivity contribution in [2.45, 2.75) is 19.3 Å². The molecule has 0 radical (unpaired) electrons. The van der Waals surface area contributed by atoms with E-state index in [9.17, 15) is 4.79 Å². The molecule has 0 unspecified atom stereocenters. The van der Waals surface area contributed by atoms with Gasteiger partial charge in [-0.25, -0.2) is 0 Å². The molecule has 5 heteroatoms. The minimum atomic E-state index is 0. The molecule has 0 aromatic carbocycles. The van der Waals surface area contributed by atoms with Crippen LogP contribution in [-0.4, -0.2) is 62.0 Å². The maximum absolute atomic E-state index is 12.3. The van der Waals surface area contributed by atoms with E-state index in [0.29, 0.717) is 5.91 Å². The number of piperidine rings is 1. The number of nitrogens with one attached hydrogen (secondary N) is 1. The minimum Gasteiger partial charge on any atom is -0.341 e. The Bertz CT molecular complexity index is 244. The van der Waals surface area contributed by atoms with Gasteiger partial charge in [0.15, 0.2) is 0 Å². The zero-order chi connectivity index (χ0) is 11.4. The van der Waals surface area contributed by atoms with Crippen LogP contribution >= 0.6 is 12.4 Å². The third-order valence-electron chi connectivity index (χ3n) is 3.72. The number of hydrogen-bond donors (Lipinski definition) is 1. The molecule has 0 aromatic rings. The maximum atomic E-state index is 12.3. The van der Waals surface area contributed by atoms with Gasteiger partial charge in [-0.05, 0) is 45.9 Å². The lowest BCUT2D eigenvalue weighted by atomic mass is 9.96. The first-order valence-electron chi connectivity index (χ1n) is 6.45. The van der Waals surface area contributed by atoms with Crippen molar-refractivity contribution in [3.63, 3.8) is 0 Å². The van der Waals surface area contributed by atoms with Crippen LogP contribution in [0.25, 0.3) is 0 Å². The van der Waals surface area contributed by atoms with Gasteiger partial charge in [-0.2, -0.15) is 0 Å². The zero-order valence-electron chi connectivity index (χ0n) is 10.7. The molecule has 1 amide bonds. The number of rotatable bonds is 1. The number of nitrogens with zero attached hydrogens (tertiary/aromatic N) is 2. The summed E-state index contributed by atoms with van der Waals surface area (Å²) in [6.07, 6.45) is 3.16. The lowest BCUT2D eigenvalue weighted by molar-refractivity contribution is -0.136. The normalized spacial score (nSPS) is 23.9. The Morgan fingerprint density at radius 3 is 2.53 bits per heavy atom. The molecule has 2 aliphatic rings. The highest BCUT2D eigenvalue weighted by molar-refractivity contribution is 5.85. The van der Waals surface area contributed by atoms with Gasteiger partial charge < -0.3 is 15.1 Å². The highest BCUT2D eigenvalue weighted by Gasteiger charge is 2.26. The van der Waals surface area contributed by atoms with Crippen LogP contribution in [0.15, 0.2) is 0 Å². The summed E-state index contributed by atoms with van der Waals surface area (Å²) < 4.78 is 0. The Morgan fingerprint density at radius 1 is 1.12 bits per heavy atom. The van der Waals surface area contributed by atoms with Crippen LogP contribution in [0.2, 0.25) is 0 Å². The van der Waals surface area contributed by atoms with Gasteiger partial charge in [-0.15, -0.1) is 12.4 Å². The van der Waals surface area contributed by atoms with Gasteiger partial charge in [0.25, 0.3) is 0 Å². The fourth-order valence-electron chi connectivity index (χ4n) is 2.59. The van der Waals surface area contributed by atoms with E-state index in [1.165, 1.54) is 0 Å². The second kappa shape index (κ2) is 7.19. The molecule has 2 rings (SSSR count). The second-order valence-corrected chi connectivity index (χ2v) is 5.01. The third-order valence-corrected chi connectivity index (χ3v) is 3.72. The van der Waals surface area contributed by atoms with Crippen molar-refractivity contribution in [2.24, 2.45) is 5.92 Å². The summed E-state index contributed by atoms with van der Waals surface area (Å²) in [5, 5.41) is 3.31. The van der Waals surface area contributed by atoms with Crippen molar-refractivity contribution in [1.29, 1.82) is 0 Å². The summed E-state index contributed by atoms with van der Waals surface area (Å²) in [4.78, 5) is 16.7. The van der Waals surface area contributed by atoms with Crippen LogP contribution in [0.1, 0.15) is 19.3 Å². The number of likely N-dealkylation sites (N-methyl/N-ethyl adjacent to an activating group) is 1. The highest BCUT2D eigenvalue weighted by atomic mass is 35.5. The number of amides is 1. The molecule has 2 aliphatic heterocycles. The average Bonchev–Trinajstić information content (AvgIpc) is 2.54. The Labute approximate surface area is 110 Å². The van der Waals surface area contributed by atoms with Crippen molar-refractivity contribution < 1.29 is 4.79 Å². The topological polar surface area (TPSA) is 35.6 Å². The Morgan fingerprint density at radius 2 is 1.82 bits per heavy atom. The molecule has 0 aromatic heterocycles. The van der Waals surface area contributed by atoms with Gasteiger partial charge in [0.2, 0.25) is 5.91 Å². The fraction of sp³-hybridized carbons (Fsp3) is 0.917. The summed E-state index contributed by atoms with van der Waals surface area (Å²) in [5.41, 5.74) is 0. The van der Waals surface area contributed by atoms with E-state index in [4.69, 9.17) is 0 Å². The molecule has 0 aliphatic carbocycles. The van der Waals surface area contributed by atoms with Crippen molar-refractivity contribution in [1.82, 2.24) is 15.1 Å². The van der Waals surface area contributed by atoms with Crippen molar-refractivity contribution in [3.8, 4) is 0 Å². The van der Waals surface area contributed by atoms with Crippen molar-refractivity contribution in [3.05, 3.63) is 0 Å².